The Morgan fingerprint density at radius 3 is 2.69 bits per heavy atom. The monoisotopic (exact) mass is 385 g/mol. The summed E-state index contributed by atoms with van der Waals surface area (Å²) in [6, 6.07) is 14.7. The Hall–Kier alpha value is -3.25. The van der Waals surface area contributed by atoms with Gasteiger partial charge in [0, 0.05) is 42.9 Å². The molecule has 5 rings (SSSR count). The second kappa shape index (κ2) is 7.64. The number of anilines is 1. The highest BCUT2D eigenvalue weighted by Crippen LogP contribution is 2.30. The standard InChI is InChI=1S/C23H23N5O/c1-16-13-22(26-17-8-11-29-12-9-17)25-14-19(16)23-27-20-7-10-24-15-21(20)28(23)18-5-3-2-4-6-18/h2-7,10,13-15,17H,8-9,11-12H2,1H3,(H,25,26). The van der Waals surface area contributed by atoms with E-state index in [-0.39, 0.29) is 0 Å². The molecule has 1 N–H and O–H groups in total. The molecule has 0 bridgehead atoms. The molecular formula is C23H23N5O. The Morgan fingerprint density at radius 2 is 1.90 bits per heavy atom. The van der Waals surface area contributed by atoms with Crippen LogP contribution in [0.25, 0.3) is 28.1 Å². The lowest BCUT2D eigenvalue weighted by Gasteiger charge is -2.24. The molecule has 4 heterocycles. The van der Waals surface area contributed by atoms with Gasteiger partial charge in [-0.2, -0.15) is 0 Å². The average Bonchev–Trinajstić information content (AvgIpc) is 3.14. The number of aryl methyl sites for hydroxylation is 1. The van der Waals surface area contributed by atoms with Gasteiger partial charge in [-0.3, -0.25) is 9.55 Å². The molecule has 1 aliphatic rings. The first kappa shape index (κ1) is 17.8. The minimum atomic E-state index is 0.418. The minimum Gasteiger partial charge on any atom is -0.381 e. The average molecular weight is 385 g/mol. The van der Waals surface area contributed by atoms with Crippen LogP contribution in [0.1, 0.15) is 18.4 Å². The molecule has 3 aromatic heterocycles. The van der Waals surface area contributed by atoms with Crippen LogP contribution in [0, 0.1) is 6.92 Å². The maximum Gasteiger partial charge on any atom is 0.147 e. The van der Waals surface area contributed by atoms with Crippen molar-refractivity contribution >= 4 is 16.9 Å². The van der Waals surface area contributed by atoms with Crippen molar-refractivity contribution in [3.8, 4) is 17.1 Å². The van der Waals surface area contributed by atoms with E-state index in [1.807, 2.05) is 36.7 Å². The van der Waals surface area contributed by atoms with E-state index in [1.54, 1.807) is 6.20 Å². The maximum atomic E-state index is 5.45. The summed E-state index contributed by atoms with van der Waals surface area (Å²) in [7, 11) is 0. The smallest absolute Gasteiger partial charge is 0.147 e. The van der Waals surface area contributed by atoms with Crippen LogP contribution in [0.5, 0.6) is 0 Å². The molecular weight excluding hydrogens is 362 g/mol. The number of para-hydroxylation sites is 1. The van der Waals surface area contributed by atoms with E-state index in [0.29, 0.717) is 6.04 Å². The van der Waals surface area contributed by atoms with Crippen molar-refractivity contribution in [1.29, 1.82) is 0 Å². The highest BCUT2D eigenvalue weighted by atomic mass is 16.5. The Balaban J connectivity index is 1.57. The van der Waals surface area contributed by atoms with E-state index in [2.05, 4.69) is 40.0 Å². The molecule has 0 radical (unpaired) electrons. The summed E-state index contributed by atoms with van der Waals surface area (Å²) in [5.41, 5.74) is 5.11. The molecule has 0 spiro atoms. The Labute approximate surface area is 169 Å². The quantitative estimate of drug-likeness (QED) is 0.565. The number of nitrogens with one attached hydrogen (secondary N) is 1. The summed E-state index contributed by atoms with van der Waals surface area (Å²) in [4.78, 5) is 13.9. The van der Waals surface area contributed by atoms with E-state index < -0.39 is 0 Å². The number of pyridine rings is 2. The fourth-order valence-corrected chi connectivity index (χ4v) is 3.86. The van der Waals surface area contributed by atoms with E-state index in [4.69, 9.17) is 14.7 Å². The number of imidazole rings is 1. The van der Waals surface area contributed by atoms with Gasteiger partial charge in [0.15, 0.2) is 0 Å². The molecule has 1 fully saturated rings. The van der Waals surface area contributed by atoms with Crippen LogP contribution < -0.4 is 5.32 Å². The lowest BCUT2D eigenvalue weighted by molar-refractivity contribution is 0.0904. The van der Waals surface area contributed by atoms with E-state index >= 15 is 0 Å². The predicted molar refractivity (Wildman–Crippen MR) is 114 cm³/mol. The Kier molecular flexibility index (Phi) is 4.69. The van der Waals surface area contributed by atoms with Gasteiger partial charge in [0.1, 0.15) is 11.6 Å². The number of aromatic nitrogens is 4. The Morgan fingerprint density at radius 1 is 1.07 bits per heavy atom. The molecule has 0 saturated carbocycles. The second-order valence-corrected chi connectivity index (χ2v) is 7.39. The number of hydrogen-bond acceptors (Lipinski definition) is 5. The number of nitrogens with zero attached hydrogens (tertiary/aromatic N) is 4. The summed E-state index contributed by atoms with van der Waals surface area (Å²) in [5, 5.41) is 3.54. The van der Waals surface area contributed by atoms with Crippen molar-refractivity contribution in [2.24, 2.45) is 0 Å². The lowest BCUT2D eigenvalue weighted by Crippen LogP contribution is -2.28. The minimum absolute atomic E-state index is 0.418. The molecule has 0 unspecified atom stereocenters. The number of hydrogen-bond donors (Lipinski definition) is 1. The van der Waals surface area contributed by atoms with Gasteiger partial charge in [0.2, 0.25) is 0 Å². The summed E-state index contributed by atoms with van der Waals surface area (Å²) in [6.45, 7) is 3.73. The highest BCUT2D eigenvalue weighted by molar-refractivity contribution is 5.83. The van der Waals surface area contributed by atoms with Crippen LogP contribution in [-0.4, -0.2) is 38.8 Å². The van der Waals surface area contributed by atoms with Crippen LogP contribution in [-0.2, 0) is 4.74 Å². The zero-order valence-corrected chi connectivity index (χ0v) is 16.4. The highest BCUT2D eigenvalue weighted by Gasteiger charge is 2.18. The fraction of sp³-hybridized carbons (Fsp3) is 0.261. The third kappa shape index (κ3) is 3.47. The largest absolute Gasteiger partial charge is 0.381 e. The fourth-order valence-electron chi connectivity index (χ4n) is 3.86. The SMILES string of the molecule is Cc1cc(NC2CCOCC2)ncc1-c1nc2ccncc2n1-c1ccccc1. The van der Waals surface area contributed by atoms with Gasteiger partial charge in [-0.15, -0.1) is 0 Å². The number of fused-ring (bicyclic) bond motifs is 1. The first-order valence-corrected chi connectivity index (χ1v) is 9.99. The van der Waals surface area contributed by atoms with Crippen molar-refractivity contribution in [3.63, 3.8) is 0 Å². The van der Waals surface area contributed by atoms with Gasteiger partial charge in [0.05, 0.1) is 17.2 Å². The summed E-state index contributed by atoms with van der Waals surface area (Å²) in [6.07, 6.45) is 7.59. The zero-order chi connectivity index (χ0) is 19.6. The molecule has 6 nitrogen and oxygen atoms in total. The zero-order valence-electron chi connectivity index (χ0n) is 16.4. The van der Waals surface area contributed by atoms with Crippen molar-refractivity contribution < 1.29 is 4.74 Å². The molecule has 6 heteroatoms. The number of rotatable bonds is 4. The van der Waals surface area contributed by atoms with Crippen LogP contribution in [0.15, 0.2) is 61.1 Å². The molecule has 146 valence electrons. The van der Waals surface area contributed by atoms with Crippen molar-refractivity contribution in [3.05, 3.63) is 66.6 Å². The van der Waals surface area contributed by atoms with E-state index in [0.717, 1.165) is 65.5 Å². The van der Waals surface area contributed by atoms with Gasteiger partial charge < -0.3 is 10.1 Å². The van der Waals surface area contributed by atoms with Crippen molar-refractivity contribution in [1.82, 2.24) is 19.5 Å². The maximum absolute atomic E-state index is 5.45. The molecule has 1 saturated heterocycles. The second-order valence-electron chi connectivity index (χ2n) is 7.39. The number of benzene rings is 1. The lowest BCUT2D eigenvalue weighted by atomic mass is 10.1. The van der Waals surface area contributed by atoms with Crippen molar-refractivity contribution in [2.75, 3.05) is 18.5 Å². The topological polar surface area (TPSA) is 64.9 Å². The summed E-state index contributed by atoms with van der Waals surface area (Å²) in [5.74, 6) is 1.78. The van der Waals surface area contributed by atoms with Crippen LogP contribution in [0.2, 0.25) is 0 Å². The van der Waals surface area contributed by atoms with Gasteiger partial charge in [-0.1, -0.05) is 18.2 Å². The summed E-state index contributed by atoms with van der Waals surface area (Å²) < 4.78 is 7.60. The molecule has 0 amide bonds. The van der Waals surface area contributed by atoms with E-state index in [9.17, 15) is 0 Å². The third-order valence-corrected chi connectivity index (χ3v) is 5.40. The molecule has 4 aromatic rings. The Bertz CT molecular complexity index is 1130. The van der Waals surface area contributed by atoms with Crippen molar-refractivity contribution in [2.45, 2.75) is 25.8 Å². The first-order valence-electron chi connectivity index (χ1n) is 9.99. The third-order valence-electron chi connectivity index (χ3n) is 5.40. The molecule has 1 aliphatic heterocycles. The van der Waals surface area contributed by atoms with Gasteiger partial charge in [-0.25, -0.2) is 9.97 Å². The molecule has 0 atom stereocenters. The molecule has 0 aliphatic carbocycles. The van der Waals surface area contributed by atoms with Crippen LogP contribution in [0.3, 0.4) is 0 Å². The number of ether oxygens (including phenoxy) is 1. The molecule has 29 heavy (non-hydrogen) atoms. The van der Waals surface area contributed by atoms with Gasteiger partial charge in [-0.05, 0) is 49.6 Å². The van der Waals surface area contributed by atoms with Crippen LogP contribution >= 0.6 is 0 Å². The summed E-state index contributed by atoms with van der Waals surface area (Å²) >= 11 is 0. The molecule has 1 aromatic carbocycles. The first-order chi connectivity index (χ1) is 14.3. The van der Waals surface area contributed by atoms with Gasteiger partial charge >= 0.3 is 0 Å². The van der Waals surface area contributed by atoms with Crippen LogP contribution in [0.4, 0.5) is 5.82 Å². The van der Waals surface area contributed by atoms with E-state index in [1.165, 1.54) is 0 Å². The normalized spacial score (nSPS) is 14.9. The van der Waals surface area contributed by atoms with Gasteiger partial charge in [0.25, 0.3) is 0 Å². The predicted octanol–water partition coefficient (Wildman–Crippen LogP) is 4.38.